The molecule has 0 unspecified atom stereocenters. The van der Waals surface area contributed by atoms with E-state index in [0.29, 0.717) is 12.2 Å². The summed E-state index contributed by atoms with van der Waals surface area (Å²) in [4.78, 5) is 0. The van der Waals surface area contributed by atoms with Crippen molar-refractivity contribution < 1.29 is 9.50 Å². The second kappa shape index (κ2) is 5.48. The van der Waals surface area contributed by atoms with Gasteiger partial charge < -0.3 is 5.11 Å². The van der Waals surface area contributed by atoms with Crippen molar-refractivity contribution in [2.45, 2.75) is 19.3 Å². The Morgan fingerprint density at radius 2 is 1.41 bits per heavy atom. The molecular formula is C15H15FO. The van der Waals surface area contributed by atoms with E-state index in [1.54, 1.807) is 24.3 Å². The lowest BCUT2D eigenvalue weighted by Gasteiger charge is -2.05. The van der Waals surface area contributed by atoms with Gasteiger partial charge in [0.25, 0.3) is 0 Å². The Morgan fingerprint density at radius 1 is 0.824 bits per heavy atom. The summed E-state index contributed by atoms with van der Waals surface area (Å²) in [7, 11) is 0. The van der Waals surface area contributed by atoms with E-state index < -0.39 is 0 Å². The molecule has 0 spiro atoms. The maximum atomic E-state index is 13.3. The Hall–Kier alpha value is -1.83. The average Bonchev–Trinajstić information content (AvgIpc) is 2.34. The molecule has 0 radical (unpaired) electrons. The number of hydrogen-bond donors (Lipinski definition) is 1. The standard InChI is InChI=1S/C15H15FO/c16-14-10-3-1-6-12(14)8-5-9-13-7-2-4-11-15(13)17/h1-4,6-7,10-11,17H,5,8-9H2. The lowest BCUT2D eigenvalue weighted by atomic mass is 10.0. The van der Waals surface area contributed by atoms with Crippen molar-refractivity contribution in [3.63, 3.8) is 0 Å². The number of hydrogen-bond acceptors (Lipinski definition) is 1. The van der Waals surface area contributed by atoms with Gasteiger partial charge >= 0.3 is 0 Å². The van der Waals surface area contributed by atoms with Gasteiger partial charge in [0.2, 0.25) is 0 Å². The molecule has 0 atom stereocenters. The first-order chi connectivity index (χ1) is 8.27. The van der Waals surface area contributed by atoms with Crippen molar-refractivity contribution >= 4 is 0 Å². The number of rotatable bonds is 4. The Morgan fingerprint density at radius 3 is 2.12 bits per heavy atom. The van der Waals surface area contributed by atoms with Crippen LogP contribution in [0.25, 0.3) is 0 Å². The molecule has 0 fully saturated rings. The van der Waals surface area contributed by atoms with Gasteiger partial charge in [0.05, 0.1) is 0 Å². The van der Waals surface area contributed by atoms with Crippen molar-refractivity contribution in [3.05, 3.63) is 65.5 Å². The summed E-state index contributed by atoms with van der Waals surface area (Å²) < 4.78 is 13.3. The lowest BCUT2D eigenvalue weighted by Crippen LogP contribution is -1.93. The highest BCUT2D eigenvalue weighted by atomic mass is 19.1. The van der Waals surface area contributed by atoms with E-state index in [9.17, 15) is 9.50 Å². The van der Waals surface area contributed by atoms with Crippen LogP contribution in [0.3, 0.4) is 0 Å². The largest absolute Gasteiger partial charge is 0.508 e. The average molecular weight is 230 g/mol. The van der Waals surface area contributed by atoms with Gasteiger partial charge in [-0.3, -0.25) is 0 Å². The second-order valence-electron chi connectivity index (χ2n) is 4.07. The molecule has 88 valence electrons. The van der Waals surface area contributed by atoms with Crippen LogP contribution in [-0.4, -0.2) is 5.11 Å². The van der Waals surface area contributed by atoms with Crippen molar-refractivity contribution in [2.24, 2.45) is 0 Å². The summed E-state index contributed by atoms with van der Waals surface area (Å²) in [6.07, 6.45) is 2.29. The molecule has 0 aliphatic heterocycles. The summed E-state index contributed by atoms with van der Waals surface area (Å²) in [5, 5.41) is 9.59. The Balaban J connectivity index is 1.93. The fourth-order valence-electron chi connectivity index (χ4n) is 1.89. The van der Waals surface area contributed by atoms with Crippen LogP contribution in [0.1, 0.15) is 17.5 Å². The topological polar surface area (TPSA) is 20.2 Å². The number of aryl methyl sites for hydroxylation is 2. The first-order valence-corrected chi connectivity index (χ1v) is 5.77. The van der Waals surface area contributed by atoms with Gasteiger partial charge in [0.15, 0.2) is 0 Å². The minimum Gasteiger partial charge on any atom is -0.508 e. The third-order valence-corrected chi connectivity index (χ3v) is 2.84. The minimum absolute atomic E-state index is 0.148. The highest BCUT2D eigenvalue weighted by Crippen LogP contribution is 2.18. The molecule has 0 saturated carbocycles. The van der Waals surface area contributed by atoms with E-state index in [1.165, 1.54) is 6.07 Å². The molecule has 17 heavy (non-hydrogen) atoms. The molecule has 0 amide bonds. The van der Waals surface area contributed by atoms with Crippen LogP contribution < -0.4 is 0 Å². The number of aromatic hydroxyl groups is 1. The number of halogens is 1. The fourth-order valence-corrected chi connectivity index (χ4v) is 1.89. The summed E-state index contributed by atoms with van der Waals surface area (Å²) in [6.45, 7) is 0. The van der Waals surface area contributed by atoms with Gasteiger partial charge in [-0.1, -0.05) is 36.4 Å². The fraction of sp³-hybridized carbons (Fsp3) is 0.200. The van der Waals surface area contributed by atoms with E-state index in [0.717, 1.165) is 24.0 Å². The highest BCUT2D eigenvalue weighted by Gasteiger charge is 2.02. The van der Waals surface area contributed by atoms with Gasteiger partial charge in [-0.15, -0.1) is 0 Å². The SMILES string of the molecule is Oc1ccccc1CCCc1ccccc1F. The monoisotopic (exact) mass is 230 g/mol. The van der Waals surface area contributed by atoms with Gasteiger partial charge in [0.1, 0.15) is 11.6 Å². The zero-order valence-electron chi connectivity index (χ0n) is 9.57. The molecule has 0 aromatic heterocycles. The summed E-state index contributed by atoms with van der Waals surface area (Å²) in [5.74, 6) is 0.172. The quantitative estimate of drug-likeness (QED) is 0.849. The summed E-state index contributed by atoms with van der Waals surface area (Å²) >= 11 is 0. The Labute approximate surface area is 101 Å². The first-order valence-electron chi connectivity index (χ1n) is 5.77. The number of para-hydroxylation sites is 1. The zero-order chi connectivity index (χ0) is 12.1. The molecule has 0 heterocycles. The number of phenols is 1. The Bertz CT molecular complexity index is 448. The van der Waals surface area contributed by atoms with Gasteiger partial charge in [0, 0.05) is 0 Å². The molecule has 1 nitrogen and oxygen atoms in total. The van der Waals surface area contributed by atoms with Crippen LogP contribution in [-0.2, 0) is 12.8 Å². The van der Waals surface area contributed by atoms with Crippen LogP contribution in [0.4, 0.5) is 4.39 Å². The lowest BCUT2D eigenvalue weighted by molar-refractivity contribution is 0.467. The molecule has 2 aromatic carbocycles. The van der Waals surface area contributed by atoms with Gasteiger partial charge in [-0.05, 0) is 42.5 Å². The molecule has 0 aliphatic rings. The molecule has 0 bridgehead atoms. The smallest absolute Gasteiger partial charge is 0.126 e. The normalized spacial score (nSPS) is 10.4. The molecule has 2 aromatic rings. The van der Waals surface area contributed by atoms with Crippen molar-refractivity contribution in [3.8, 4) is 5.75 Å². The molecule has 2 heteroatoms. The van der Waals surface area contributed by atoms with E-state index in [-0.39, 0.29) is 5.82 Å². The van der Waals surface area contributed by atoms with Crippen LogP contribution >= 0.6 is 0 Å². The van der Waals surface area contributed by atoms with Gasteiger partial charge in [-0.25, -0.2) is 4.39 Å². The van der Waals surface area contributed by atoms with Crippen molar-refractivity contribution in [1.29, 1.82) is 0 Å². The molecule has 1 N–H and O–H groups in total. The van der Waals surface area contributed by atoms with Crippen LogP contribution in [0.2, 0.25) is 0 Å². The third kappa shape index (κ3) is 3.06. The van der Waals surface area contributed by atoms with E-state index >= 15 is 0 Å². The second-order valence-corrected chi connectivity index (χ2v) is 4.07. The van der Waals surface area contributed by atoms with Gasteiger partial charge in [-0.2, -0.15) is 0 Å². The number of phenolic OH excluding ortho intramolecular Hbond substituents is 1. The minimum atomic E-state index is -0.148. The zero-order valence-corrected chi connectivity index (χ0v) is 9.57. The number of benzene rings is 2. The van der Waals surface area contributed by atoms with Crippen LogP contribution in [0, 0.1) is 5.82 Å². The maximum Gasteiger partial charge on any atom is 0.126 e. The molecule has 0 saturated heterocycles. The molecular weight excluding hydrogens is 215 g/mol. The Kier molecular flexibility index (Phi) is 3.76. The predicted molar refractivity (Wildman–Crippen MR) is 66.5 cm³/mol. The van der Waals surface area contributed by atoms with Crippen LogP contribution in [0.15, 0.2) is 48.5 Å². The highest BCUT2D eigenvalue weighted by molar-refractivity contribution is 5.31. The maximum absolute atomic E-state index is 13.3. The summed E-state index contributed by atoms with van der Waals surface area (Å²) in [6, 6.07) is 14.1. The summed E-state index contributed by atoms with van der Waals surface area (Å²) in [5.41, 5.74) is 1.66. The van der Waals surface area contributed by atoms with E-state index in [2.05, 4.69) is 0 Å². The van der Waals surface area contributed by atoms with E-state index in [4.69, 9.17) is 0 Å². The molecule has 2 rings (SSSR count). The first kappa shape index (κ1) is 11.6. The third-order valence-electron chi connectivity index (χ3n) is 2.84. The van der Waals surface area contributed by atoms with Crippen molar-refractivity contribution in [1.82, 2.24) is 0 Å². The predicted octanol–water partition coefficient (Wildman–Crippen LogP) is 3.71. The van der Waals surface area contributed by atoms with E-state index in [1.807, 2.05) is 18.2 Å². The molecule has 0 aliphatic carbocycles. The van der Waals surface area contributed by atoms with Crippen molar-refractivity contribution in [2.75, 3.05) is 0 Å². The van der Waals surface area contributed by atoms with Crippen LogP contribution in [0.5, 0.6) is 5.75 Å².